The zero-order chi connectivity index (χ0) is 12.3. The van der Waals surface area contributed by atoms with Gasteiger partial charge in [-0.15, -0.1) is 0 Å². The fourth-order valence-electron chi connectivity index (χ4n) is 1.10. The van der Waals surface area contributed by atoms with Crippen LogP contribution in [-0.2, 0) is 0 Å². The average Bonchev–Trinajstić information content (AvgIpc) is 2.18. The predicted molar refractivity (Wildman–Crippen MR) is 73.0 cm³/mol. The molecule has 0 fully saturated rings. The highest BCUT2D eigenvalue weighted by Crippen LogP contribution is 2.28. The Bertz CT molecular complexity index is 407. The lowest BCUT2D eigenvalue weighted by Crippen LogP contribution is -2.15. The first-order valence-corrected chi connectivity index (χ1v) is 6.29. The number of carbonyl (C=O) groups is 1. The molecule has 0 aliphatic carbocycles. The van der Waals surface area contributed by atoms with Crippen molar-refractivity contribution in [2.45, 2.75) is 13.8 Å². The van der Waals surface area contributed by atoms with Gasteiger partial charge >= 0.3 is 0 Å². The molecule has 0 saturated carbocycles. The number of carbonyl (C=O) groups excluding carboxylic acids is 1. The minimum atomic E-state index is -0.531. The van der Waals surface area contributed by atoms with Crippen LogP contribution >= 0.6 is 34.2 Å². The Kier molecular flexibility index (Phi) is 4.86. The number of primary amides is 1. The molecule has 0 saturated heterocycles. The molecule has 0 aliphatic heterocycles. The first-order valence-electron chi connectivity index (χ1n) is 4.83. The van der Waals surface area contributed by atoms with E-state index in [2.05, 4.69) is 22.6 Å². The van der Waals surface area contributed by atoms with Crippen molar-refractivity contribution in [1.29, 1.82) is 0 Å². The normalized spacial score (nSPS) is 10.6. The van der Waals surface area contributed by atoms with E-state index in [0.29, 0.717) is 28.9 Å². The highest BCUT2D eigenvalue weighted by Gasteiger charge is 2.13. The number of benzene rings is 1. The Hall–Kier alpha value is -0.490. The Morgan fingerprint density at radius 3 is 2.69 bits per heavy atom. The molecule has 0 bridgehead atoms. The van der Waals surface area contributed by atoms with Crippen LogP contribution in [0.5, 0.6) is 5.75 Å². The molecule has 1 amide bonds. The third kappa shape index (κ3) is 3.52. The molecule has 16 heavy (non-hydrogen) atoms. The molecule has 1 aromatic carbocycles. The Balaban J connectivity index is 3.05. The predicted octanol–water partition coefficient (Wildman–Crippen LogP) is 3.08. The molecule has 0 unspecified atom stereocenters. The van der Waals surface area contributed by atoms with Crippen LogP contribution in [0.1, 0.15) is 24.2 Å². The van der Waals surface area contributed by atoms with Gasteiger partial charge in [-0.3, -0.25) is 4.79 Å². The quantitative estimate of drug-likeness (QED) is 0.846. The summed E-state index contributed by atoms with van der Waals surface area (Å²) in [4.78, 5) is 11.2. The maximum absolute atomic E-state index is 11.2. The smallest absolute Gasteiger partial charge is 0.252 e. The summed E-state index contributed by atoms with van der Waals surface area (Å²) < 4.78 is 6.37. The number of halogens is 2. The highest BCUT2D eigenvalue weighted by molar-refractivity contribution is 14.1. The van der Waals surface area contributed by atoms with E-state index in [1.165, 1.54) is 0 Å². The zero-order valence-corrected chi connectivity index (χ0v) is 12.0. The molecule has 0 aromatic heterocycles. The molecule has 2 N–H and O–H groups in total. The summed E-state index contributed by atoms with van der Waals surface area (Å²) in [5.41, 5.74) is 5.58. The Morgan fingerprint density at radius 2 is 2.19 bits per heavy atom. The van der Waals surface area contributed by atoms with Gasteiger partial charge in [0, 0.05) is 3.57 Å². The van der Waals surface area contributed by atoms with Gasteiger partial charge in [-0.1, -0.05) is 25.4 Å². The standard InChI is InChI=1S/C11H13ClINO2/c1-6(2)5-16-10-4-9(13)8(12)3-7(10)11(14)15/h3-4,6H,5H2,1-2H3,(H2,14,15). The van der Waals surface area contributed by atoms with Crippen LogP contribution < -0.4 is 10.5 Å². The highest BCUT2D eigenvalue weighted by atomic mass is 127. The number of ether oxygens (including phenoxy) is 1. The second-order valence-electron chi connectivity index (χ2n) is 3.83. The first kappa shape index (κ1) is 13.6. The van der Waals surface area contributed by atoms with E-state index in [0.717, 1.165) is 3.57 Å². The molecule has 88 valence electrons. The SMILES string of the molecule is CC(C)COc1cc(I)c(Cl)cc1C(N)=O. The number of hydrogen-bond acceptors (Lipinski definition) is 2. The summed E-state index contributed by atoms with van der Waals surface area (Å²) >= 11 is 8.00. The molecule has 5 heteroatoms. The first-order chi connectivity index (χ1) is 7.41. The van der Waals surface area contributed by atoms with Crippen LogP contribution in [0.25, 0.3) is 0 Å². The van der Waals surface area contributed by atoms with Gasteiger partial charge in [-0.05, 0) is 40.6 Å². The number of rotatable bonds is 4. The van der Waals surface area contributed by atoms with Crippen molar-refractivity contribution >= 4 is 40.1 Å². The van der Waals surface area contributed by atoms with Gasteiger partial charge in [-0.25, -0.2) is 0 Å². The molecule has 0 aliphatic rings. The van der Waals surface area contributed by atoms with E-state index < -0.39 is 5.91 Å². The lowest BCUT2D eigenvalue weighted by Gasteiger charge is -2.12. The van der Waals surface area contributed by atoms with E-state index in [1.807, 2.05) is 13.8 Å². The topological polar surface area (TPSA) is 52.3 Å². The van der Waals surface area contributed by atoms with Crippen molar-refractivity contribution in [1.82, 2.24) is 0 Å². The molecule has 1 rings (SSSR count). The van der Waals surface area contributed by atoms with Gasteiger partial charge in [0.2, 0.25) is 0 Å². The van der Waals surface area contributed by atoms with Gasteiger partial charge < -0.3 is 10.5 Å². The molecular weight excluding hydrogens is 340 g/mol. The molecule has 0 radical (unpaired) electrons. The van der Waals surface area contributed by atoms with Crippen molar-refractivity contribution in [2.24, 2.45) is 11.7 Å². The van der Waals surface area contributed by atoms with Crippen LogP contribution in [0, 0.1) is 9.49 Å². The lowest BCUT2D eigenvalue weighted by atomic mass is 10.2. The monoisotopic (exact) mass is 353 g/mol. The largest absolute Gasteiger partial charge is 0.492 e. The van der Waals surface area contributed by atoms with E-state index in [9.17, 15) is 4.79 Å². The van der Waals surface area contributed by atoms with Crippen LogP contribution in [0.3, 0.4) is 0 Å². The molecule has 0 spiro atoms. The van der Waals surface area contributed by atoms with E-state index in [-0.39, 0.29) is 0 Å². The Morgan fingerprint density at radius 1 is 1.56 bits per heavy atom. The number of nitrogens with two attached hydrogens (primary N) is 1. The fourth-order valence-corrected chi connectivity index (χ4v) is 1.70. The van der Waals surface area contributed by atoms with Crippen molar-refractivity contribution < 1.29 is 9.53 Å². The molecule has 3 nitrogen and oxygen atoms in total. The summed E-state index contributed by atoms with van der Waals surface area (Å²) in [6, 6.07) is 3.27. The average molecular weight is 354 g/mol. The summed E-state index contributed by atoms with van der Waals surface area (Å²) in [6.07, 6.45) is 0. The van der Waals surface area contributed by atoms with Crippen LogP contribution in [0.15, 0.2) is 12.1 Å². The minimum Gasteiger partial charge on any atom is -0.492 e. The summed E-state index contributed by atoms with van der Waals surface area (Å²) in [7, 11) is 0. The summed E-state index contributed by atoms with van der Waals surface area (Å²) in [6.45, 7) is 4.60. The van der Waals surface area contributed by atoms with Crippen LogP contribution in [-0.4, -0.2) is 12.5 Å². The molecular formula is C11H13ClINO2. The Labute approximate surface area is 113 Å². The van der Waals surface area contributed by atoms with Crippen molar-refractivity contribution in [3.05, 3.63) is 26.3 Å². The molecule has 1 aromatic rings. The van der Waals surface area contributed by atoms with Crippen molar-refractivity contribution in [2.75, 3.05) is 6.61 Å². The minimum absolute atomic E-state index is 0.325. The van der Waals surface area contributed by atoms with Gasteiger partial charge in [0.15, 0.2) is 0 Å². The van der Waals surface area contributed by atoms with Crippen molar-refractivity contribution in [3.63, 3.8) is 0 Å². The van der Waals surface area contributed by atoms with Gasteiger partial charge in [-0.2, -0.15) is 0 Å². The zero-order valence-electron chi connectivity index (χ0n) is 9.09. The van der Waals surface area contributed by atoms with Gasteiger partial charge in [0.25, 0.3) is 5.91 Å². The van der Waals surface area contributed by atoms with E-state index in [4.69, 9.17) is 22.1 Å². The summed E-state index contributed by atoms with van der Waals surface area (Å²) in [5.74, 6) is 0.348. The molecule has 0 heterocycles. The second kappa shape index (κ2) is 5.72. The van der Waals surface area contributed by atoms with Gasteiger partial charge in [0.1, 0.15) is 5.75 Å². The van der Waals surface area contributed by atoms with Crippen LogP contribution in [0.2, 0.25) is 5.02 Å². The van der Waals surface area contributed by atoms with Crippen LogP contribution in [0.4, 0.5) is 0 Å². The van der Waals surface area contributed by atoms with Crippen molar-refractivity contribution in [3.8, 4) is 5.75 Å². The maximum Gasteiger partial charge on any atom is 0.252 e. The van der Waals surface area contributed by atoms with E-state index >= 15 is 0 Å². The number of hydrogen-bond donors (Lipinski definition) is 1. The van der Waals surface area contributed by atoms with E-state index in [1.54, 1.807) is 12.1 Å². The number of amides is 1. The maximum atomic E-state index is 11.2. The molecule has 0 atom stereocenters. The lowest BCUT2D eigenvalue weighted by molar-refractivity contribution is 0.0995. The third-order valence-corrected chi connectivity index (χ3v) is 3.38. The fraction of sp³-hybridized carbons (Fsp3) is 0.364. The summed E-state index contributed by atoms with van der Waals surface area (Å²) in [5, 5.41) is 0.506. The third-order valence-electron chi connectivity index (χ3n) is 1.86. The van der Waals surface area contributed by atoms with Gasteiger partial charge in [0.05, 0.1) is 17.2 Å². The second-order valence-corrected chi connectivity index (χ2v) is 5.40.